The van der Waals surface area contributed by atoms with E-state index in [0.717, 1.165) is 36.9 Å². The van der Waals surface area contributed by atoms with Crippen LogP contribution in [0, 0.1) is 0 Å². The Bertz CT molecular complexity index is 400. The van der Waals surface area contributed by atoms with Crippen LogP contribution >= 0.6 is 23.2 Å². The van der Waals surface area contributed by atoms with E-state index in [1.54, 1.807) is 0 Å². The van der Waals surface area contributed by atoms with Crippen LogP contribution < -0.4 is 4.90 Å². The van der Waals surface area contributed by atoms with Gasteiger partial charge in [-0.25, -0.2) is 0 Å². The van der Waals surface area contributed by atoms with Gasteiger partial charge in [-0.1, -0.05) is 11.6 Å². The Kier molecular flexibility index (Phi) is 4.72. The zero-order valence-electron chi connectivity index (χ0n) is 10.1. The van der Waals surface area contributed by atoms with Gasteiger partial charge in [0.15, 0.2) is 0 Å². The molecule has 1 aromatic rings. The Morgan fingerprint density at radius 3 is 2.28 bits per heavy atom. The number of hydrogen-bond donors (Lipinski definition) is 0. The Hall–Kier alpha value is -0.930. The maximum absolute atomic E-state index is 11.7. The molecule has 0 saturated carbocycles. The molecule has 0 N–H and O–H groups in total. The van der Waals surface area contributed by atoms with Crippen molar-refractivity contribution >= 4 is 34.8 Å². The molecule has 0 unspecified atom stereocenters. The van der Waals surface area contributed by atoms with Gasteiger partial charge in [0.05, 0.1) is 0 Å². The zero-order chi connectivity index (χ0) is 13.0. The predicted molar refractivity (Wildman–Crippen MR) is 75.6 cm³/mol. The number of anilines is 1. The molecular weight excluding hydrogens is 271 g/mol. The van der Waals surface area contributed by atoms with Gasteiger partial charge >= 0.3 is 0 Å². The van der Waals surface area contributed by atoms with Crippen LogP contribution in [-0.2, 0) is 4.79 Å². The molecule has 1 saturated heterocycles. The van der Waals surface area contributed by atoms with E-state index in [0.29, 0.717) is 12.3 Å². The molecule has 0 spiro atoms. The first-order chi connectivity index (χ1) is 8.70. The normalized spacial score (nSPS) is 15.9. The highest BCUT2D eigenvalue weighted by atomic mass is 35.5. The van der Waals surface area contributed by atoms with Crippen LogP contribution in [0.15, 0.2) is 24.3 Å². The van der Waals surface area contributed by atoms with Crippen molar-refractivity contribution in [3.8, 4) is 0 Å². The van der Waals surface area contributed by atoms with Crippen LogP contribution in [0.1, 0.15) is 6.42 Å². The molecule has 18 heavy (non-hydrogen) atoms. The van der Waals surface area contributed by atoms with Gasteiger partial charge in [0.2, 0.25) is 5.91 Å². The molecule has 98 valence electrons. The summed E-state index contributed by atoms with van der Waals surface area (Å²) in [5, 5.41) is 0.745. The van der Waals surface area contributed by atoms with E-state index in [2.05, 4.69) is 4.90 Å². The predicted octanol–water partition coefficient (Wildman–Crippen LogP) is 2.62. The summed E-state index contributed by atoms with van der Waals surface area (Å²) in [4.78, 5) is 15.8. The monoisotopic (exact) mass is 286 g/mol. The third kappa shape index (κ3) is 3.30. The van der Waals surface area contributed by atoms with Crippen molar-refractivity contribution in [2.24, 2.45) is 0 Å². The molecule has 0 aliphatic carbocycles. The summed E-state index contributed by atoms with van der Waals surface area (Å²) in [5.41, 5.74) is 1.16. The standard InChI is InChI=1S/C13H16Cl2N2O/c14-6-5-13(18)17-9-7-16(8-10-17)12-3-1-11(15)2-4-12/h1-4H,5-10H2. The first-order valence-electron chi connectivity index (χ1n) is 6.05. The fourth-order valence-corrected chi connectivity index (χ4v) is 2.39. The molecule has 1 amide bonds. The van der Waals surface area contributed by atoms with Gasteiger partial charge in [-0.2, -0.15) is 0 Å². The first kappa shape index (κ1) is 13.5. The highest BCUT2D eigenvalue weighted by Gasteiger charge is 2.20. The summed E-state index contributed by atoms with van der Waals surface area (Å²) >= 11 is 11.5. The largest absolute Gasteiger partial charge is 0.368 e. The van der Waals surface area contributed by atoms with E-state index in [4.69, 9.17) is 23.2 Å². The fourth-order valence-electron chi connectivity index (χ4n) is 2.10. The van der Waals surface area contributed by atoms with Gasteiger partial charge < -0.3 is 9.80 Å². The Balaban J connectivity index is 1.90. The third-order valence-corrected chi connectivity index (χ3v) is 3.57. The van der Waals surface area contributed by atoms with Crippen LogP contribution in [0.2, 0.25) is 5.02 Å². The van der Waals surface area contributed by atoms with Gasteiger partial charge in [-0.3, -0.25) is 4.79 Å². The van der Waals surface area contributed by atoms with Crippen LogP contribution in [0.5, 0.6) is 0 Å². The van der Waals surface area contributed by atoms with Crippen LogP contribution in [0.3, 0.4) is 0 Å². The number of nitrogens with zero attached hydrogens (tertiary/aromatic N) is 2. The molecule has 0 aromatic heterocycles. The SMILES string of the molecule is O=C(CCCl)N1CCN(c2ccc(Cl)cc2)CC1. The minimum Gasteiger partial charge on any atom is -0.368 e. The summed E-state index contributed by atoms with van der Waals surface area (Å²) in [6.07, 6.45) is 0.433. The molecule has 0 bridgehead atoms. The highest BCUT2D eigenvalue weighted by molar-refractivity contribution is 6.30. The number of rotatable bonds is 3. The molecular formula is C13H16Cl2N2O. The van der Waals surface area contributed by atoms with E-state index in [1.807, 2.05) is 29.2 Å². The van der Waals surface area contributed by atoms with Crippen molar-refractivity contribution in [2.45, 2.75) is 6.42 Å². The van der Waals surface area contributed by atoms with E-state index in [-0.39, 0.29) is 5.91 Å². The number of hydrogen-bond acceptors (Lipinski definition) is 2. The van der Waals surface area contributed by atoms with Gasteiger partial charge in [0.25, 0.3) is 0 Å². The average Bonchev–Trinajstić information content (AvgIpc) is 2.40. The molecule has 1 aliphatic heterocycles. The van der Waals surface area contributed by atoms with E-state index < -0.39 is 0 Å². The summed E-state index contributed by atoms with van der Waals surface area (Å²) in [6.45, 7) is 3.24. The second-order valence-electron chi connectivity index (χ2n) is 4.28. The van der Waals surface area contributed by atoms with E-state index >= 15 is 0 Å². The first-order valence-corrected chi connectivity index (χ1v) is 6.96. The Morgan fingerprint density at radius 2 is 1.72 bits per heavy atom. The zero-order valence-corrected chi connectivity index (χ0v) is 11.6. The number of alkyl halides is 1. The van der Waals surface area contributed by atoms with Gasteiger partial charge in [-0.15, -0.1) is 11.6 Å². The molecule has 1 fully saturated rings. The number of carbonyl (C=O) groups is 1. The lowest BCUT2D eigenvalue weighted by atomic mass is 10.2. The van der Waals surface area contributed by atoms with Crippen LogP contribution in [-0.4, -0.2) is 42.9 Å². The minimum absolute atomic E-state index is 0.153. The van der Waals surface area contributed by atoms with Gasteiger partial charge in [0.1, 0.15) is 0 Å². The van der Waals surface area contributed by atoms with Crippen molar-refractivity contribution in [1.29, 1.82) is 0 Å². The summed E-state index contributed by atoms with van der Waals surface area (Å²) in [7, 11) is 0. The van der Waals surface area contributed by atoms with Crippen molar-refractivity contribution in [1.82, 2.24) is 4.90 Å². The van der Waals surface area contributed by atoms with Gasteiger partial charge in [0, 0.05) is 49.2 Å². The number of amides is 1. The second kappa shape index (κ2) is 6.30. The topological polar surface area (TPSA) is 23.6 Å². The molecule has 3 nitrogen and oxygen atoms in total. The van der Waals surface area contributed by atoms with Crippen molar-refractivity contribution in [2.75, 3.05) is 37.0 Å². The lowest BCUT2D eigenvalue weighted by Gasteiger charge is -2.36. The Morgan fingerprint density at radius 1 is 1.11 bits per heavy atom. The maximum atomic E-state index is 11.7. The van der Waals surface area contributed by atoms with Crippen LogP contribution in [0.4, 0.5) is 5.69 Å². The molecule has 1 aliphatic rings. The third-order valence-electron chi connectivity index (χ3n) is 3.13. The highest BCUT2D eigenvalue weighted by Crippen LogP contribution is 2.19. The minimum atomic E-state index is 0.153. The molecule has 5 heteroatoms. The fraction of sp³-hybridized carbons (Fsp3) is 0.462. The number of halogens is 2. The molecule has 0 atom stereocenters. The smallest absolute Gasteiger partial charge is 0.223 e. The van der Waals surface area contributed by atoms with Crippen molar-refractivity contribution in [3.05, 3.63) is 29.3 Å². The van der Waals surface area contributed by atoms with E-state index in [9.17, 15) is 4.79 Å². The molecule has 1 heterocycles. The molecule has 0 radical (unpaired) electrons. The van der Waals surface area contributed by atoms with Crippen molar-refractivity contribution in [3.63, 3.8) is 0 Å². The van der Waals surface area contributed by atoms with Crippen molar-refractivity contribution < 1.29 is 4.79 Å². The number of carbonyl (C=O) groups excluding carboxylic acids is 1. The second-order valence-corrected chi connectivity index (χ2v) is 5.10. The quantitative estimate of drug-likeness (QED) is 0.798. The van der Waals surface area contributed by atoms with Gasteiger partial charge in [-0.05, 0) is 24.3 Å². The lowest BCUT2D eigenvalue weighted by Crippen LogP contribution is -2.48. The number of piperazine rings is 1. The lowest BCUT2D eigenvalue weighted by molar-refractivity contribution is -0.131. The summed E-state index contributed by atoms with van der Waals surface area (Å²) in [5.74, 6) is 0.553. The Labute approximate surface area is 117 Å². The summed E-state index contributed by atoms with van der Waals surface area (Å²) < 4.78 is 0. The average molecular weight is 287 g/mol. The maximum Gasteiger partial charge on any atom is 0.223 e. The number of benzene rings is 1. The summed E-state index contributed by atoms with van der Waals surface area (Å²) in [6, 6.07) is 7.81. The molecule has 1 aromatic carbocycles. The van der Waals surface area contributed by atoms with Crippen LogP contribution in [0.25, 0.3) is 0 Å². The molecule has 2 rings (SSSR count). The van der Waals surface area contributed by atoms with E-state index in [1.165, 1.54) is 0 Å².